The Morgan fingerprint density at radius 1 is 1.09 bits per heavy atom. The number of nitrogens with one attached hydrogen (secondary N) is 3. The number of benzene rings is 1. The first-order valence-electron chi connectivity index (χ1n) is 19.6. The van der Waals surface area contributed by atoms with Gasteiger partial charge in [0.2, 0.25) is 11.8 Å². The number of fused-ring (bicyclic) bond motifs is 2. The number of amides is 3. The quantitative estimate of drug-likeness (QED) is 0.104. The maximum atomic E-state index is 14.4. The van der Waals surface area contributed by atoms with Gasteiger partial charge in [-0.25, -0.2) is 14.6 Å². The third-order valence-electron chi connectivity index (χ3n) is 11.7. The van der Waals surface area contributed by atoms with Gasteiger partial charge < -0.3 is 49.3 Å². The molecule has 0 spiro atoms. The molecule has 4 N–H and O–H groups in total. The van der Waals surface area contributed by atoms with Crippen LogP contribution >= 0.6 is 11.6 Å². The van der Waals surface area contributed by atoms with E-state index in [1.165, 1.54) is 17.2 Å². The van der Waals surface area contributed by atoms with Crippen LogP contribution in [0.15, 0.2) is 53.7 Å². The lowest BCUT2D eigenvalue weighted by Crippen LogP contribution is -2.56. The summed E-state index contributed by atoms with van der Waals surface area (Å²) in [5.74, 6) is -1.13. The van der Waals surface area contributed by atoms with Crippen molar-refractivity contribution in [3.8, 4) is 22.9 Å². The second-order valence-corrected chi connectivity index (χ2v) is 16.4. The van der Waals surface area contributed by atoms with Crippen LogP contribution in [0.1, 0.15) is 51.9 Å². The first-order chi connectivity index (χ1) is 27.9. The molecule has 8 rings (SSSR count). The van der Waals surface area contributed by atoms with Crippen LogP contribution in [0.5, 0.6) is 11.5 Å². The molecule has 17 heteroatoms. The molecular formula is C41H47ClN6O10. The van der Waals surface area contributed by atoms with Crippen molar-refractivity contribution in [3.63, 3.8) is 0 Å². The Balaban J connectivity index is 1.09. The van der Waals surface area contributed by atoms with Gasteiger partial charge in [0.05, 0.1) is 24.4 Å². The number of carbonyl (C=O) groups is 4. The van der Waals surface area contributed by atoms with E-state index in [1.807, 2.05) is 0 Å². The zero-order valence-corrected chi connectivity index (χ0v) is 33.1. The summed E-state index contributed by atoms with van der Waals surface area (Å²) in [4.78, 5) is 64.8. The maximum absolute atomic E-state index is 14.4. The van der Waals surface area contributed by atoms with Gasteiger partial charge in [-0.2, -0.15) is 4.98 Å². The highest BCUT2D eigenvalue weighted by atomic mass is 35.5. The SMILES string of the molecule is C=C[C@@H]1C[C@]1(NC(=O)[C@@H]1C[C@@H](Oc2cc(-c3coc(NC4CC4)n3)nc3c(Cl)c(OCCOC)ccc23)CN1C(=O)[C@@H](NC(=O)O[C@@H]1C[C@@H]2C[C@@H]2C1)C(=C)C)C(=O)O. The molecule has 308 valence electrons. The second-order valence-electron chi connectivity index (χ2n) is 16.0. The minimum Gasteiger partial charge on any atom is -0.490 e. The van der Waals surface area contributed by atoms with Gasteiger partial charge in [0.15, 0.2) is 0 Å². The highest BCUT2D eigenvalue weighted by Crippen LogP contribution is 2.52. The van der Waals surface area contributed by atoms with Crippen LogP contribution in [0.25, 0.3) is 22.3 Å². The van der Waals surface area contributed by atoms with E-state index in [0.29, 0.717) is 69.9 Å². The van der Waals surface area contributed by atoms with Gasteiger partial charge >= 0.3 is 12.1 Å². The Bertz CT molecular complexity index is 2150. The fourth-order valence-corrected chi connectivity index (χ4v) is 8.40. The number of halogens is 1. The molecule has 1 aromatic carbocycles. The van der Waals surface area contributed by atoms with E-state index in [0.717, 1.165) is 32.1 Å². The number of nitrogens with zero attached hydrogens (tertiary/aromatic N) is 3. The third kappa shape index (κ3) is 8.04. The lowest BCUT2D eigenvalue weighted by molar-refractivity contribution is -0.145. The number of carboxylic acid groups (broad SMARTS) is 1. The van der Waals surface area contributed by atoms with E-state index in [1.54, 1.807) is 32.2 Å². The normalized spacial score (nSPS) is 27.3. The summed E-state index contributed by atoms with van der Waals surface area (Å²) in [7, 11) is 1.56. The first-order valence-corrected chi connectivity index (χ1v) is 20.0. The third-order valence-corrected chi connectivity index (χ3v) is 12.1. The number of anilines is 1. The van der Waals surface area contributed by atoms with E-state index in [4.69, 9.17) is 39.9 Å². The molecule has 58 heavy (non-hydrogen) atoms. The van der Waals surface area contributed by atoms with Gasteiger partial charge in [0.25, 0.3) is 6.01 Å². The van der Waals surface area contributed by atoms with Gasteiger partial charge in [-0.1, -0.05) is 24.3 Å². The Morgan fingerprint density at radius 3 is 2.53 bits per heavy atom. The molecule has 4 aliphatic carbocycles. The fourth-order valence-electron chi connectivity index (χ4n) is 8.14. The molecule has 1 aliphatic heterocycles. The molecule has 0 bridgehead atoms. The van der Waals surface area contributed by atoms with Gasteiger partial charge in [-0.15, -0.1) is 6.58 Å². The van der Waals surface area contributed by atoms with Crippen molar-refractivity contribution in [3.05, 3.63) is 54.3 Å². The molecule has 5 aliphatic rings. The number of methoxy groups -OCH3 is 1. The highest BCUT2D eigenvalue weighted by Gasteiger charge is 2.61. The summed E-state index contributed by atoms with van der Waals surface area (Å²) in [6, 6.07) is 3.36. The molecule has 5 fully saturated rings. The lowest BCUT2D eigenvalue weighted by atomic mass is 10.1. The van der Waals surface area contributed by atoms with Gasteiger partial charge in [-0.05, 0) is 75.0 Å². The average Bonchev–Trinajstić information content (AvgIpc) is 4.14. The molecule has 4 saturated carbocycles. The number of aromatic nitrogens is 2. The summed E-state index contributed by atoms with van der Waals surface area (Å²) in [6.45, 7) is 9.76. The standard InChI is InChI=1S/C41H47ClN6O10/c1-5-23-17-41(23,38(51)52)47-36(49)30-15-26(18-48(30)37(50)34(20(2)3)46-40(53)58-25-13-21-12-22(21)14-25)57-32-16-28(29-19-56-39(45-29)43-24-6-7-24)44-35-27(32)8-9-31(33(35)42)55-11-10-54-4/h5,8-9,16,19,21-26,30,34H,1-2,6-7,10-15,17-18H2,3-4H3,(H,43,45)(H,46,53)(H,47,49)(H,51,52)/t21-,22+,23-,25+,26-,30+,34+,41-/m1/s1. The van der Waals surface area contributed by atoms with E-state index < -0.39 is 53.5 Å². The van der Waals surface area contributed by atoms with Crippen LogP contribution in [0, 0.1) is 17.8 Å². The van der Waals surface area contributed by atoms with E-state index in [-0.39, 0.29) is 37.1 Å². The number of ether oxygens (including phenoxy) is 4. The van der Waals surface area contributed by atoms with Crippen molar-refractivity contribution in [2.75, 3.05) is 32.2 Å². The zero-order chi connectivity index (χ0) is 40.9. The van der Waals surface area contributed by atoms with Crippen LogP contribution in [0.2, 0.25) is 5.02 Å². The number of alkyl carbamates (subject to hydrolysis) is 1. The number of oxazole rings is 1. The topological polar surface area (TPSA) is 204 Å². The summed E-state index contributed by atoms with van der Waals surface area (Å²) in [6.07, 6.45) is 6.11. The molecular weight excluding hydrogens is 772 g/mol. The first kappa shape index (κ1) is 39.5. The Kier molecular flexibility index (Phi) is 10.7. The molecule has 3 heterocycles. The molecule has 1 saturated heterocycles. The van der Waals surface area contributed by atoms with Crippen molar-refractivity contribution >= 4 is 52.4 Å². The number of carbonyl (C=O) groups excluding carboxylic acids is 3. The van der Waals surface area contributed by atoms with Crippen LogP contribution in [0.3, 0.4) is 0 Å². The number of hydrogen-bond donors (Lipinski definition) is 4. The Labute approximate surface area is 339 Å². The number of rotatable bonds is 17. The van der Waals surface area contributed by atoms with E-state index >= 15 is 0 Å². The Hall–Kier alpha value is -5.35. The van der Waals surface area contributed by atoms with Crippen molar-refractivity contribution in [1.29, 1.82) is 0 Å². The minimum absolute atomic E-state index is 0.0191. The summed E-state index contributed by atoms with van der Waals surface area (Å²) >= 11 is 6.91. The smallest absolute Gasteiger partial charge is 0.408 e. The summed E-state index contributed by atoms with van der Waals surface area (Å²) in [5.41, 5.74) is -0.0915. The van der Waals surface area contributed by atoms with Gasteiger partial charge in [0.1, 0.15) is 64.9 Å². The van der Waals surface area contributed by atoms with Crippen LogP contribution in [0.4, 0.5) is 10.8 Å². The molecule has 3 aromatic rings. The van der Waals surface area contributed by atoms with Crippen molar-refractivity contribution in [1.82, 2.24) is 25.5 Å². The van der Waals surface area contributed by atoms with Crippen LogP contribution < -0.4 is 25.4 Å². The maximum Gasteiger partial charge on any atom is 0.408 e. The molecule has 0 radical (unpaired) electrons. The van der Waals surface area contributed by atoms with Crippen molar-refractivity contribution < 1.29 is 47.6 Å². The van der Waals surface area contributed by atoms with Crippen LogP contribution in [-0.4, -0.2) is 107 Å². The van der Waals surface area contributed by atoms with E-state index in [9.17, 15) is 24.3 Å². The van der Waals surface area contributed by atoms with E-state index in [2.05, 4.69) is 34.1 Å². The lowest BCUT2D eigenvalue weighted by Gasteiger charge is -2.29. The fraction of sp³-hybridized carbons (Fsp3) is 0.512. The largest absolute Gasteiger partial charge is 0.490 e. The molecule has 2 aromatic heterocycles. The van der Waals surface area contributed by atoms with Gasteiger partial charge in [-0.3, -0.25) is 9.59 Å². The molecule has 3 amide bonds. The second kappa shape index (κ2) is 15.8. The summed E-state index contributed by atoms with van der Waals surface area (Å²) in [5, 5.41) is 19.4. The minimum atomic E-state index is -1.55. The predicted octanol–water partition coefficient (Wildman–Crippen LogP) is 5.11. The number of carboxylic acids is 1. The number of likely N-dealkylation sites (tertiary alicyclic amines) is 1. The molecule has 8 atom stereocenters. The highest BCUT2D eigenvalue weighted by molar-refractivity contribution is 6.36. The Morgan fingerprint density at radius 2 is 1.86 bits per heavy atom. The number of hydrogen-bond acceptors (Lipinski definition) is 12. The average molecular weight is 819 g/mol. The number of pyridine rings is 1. The molecule has 0 unspecified atom stereocenters. The number of aliphatic carboxylic acids is 1. The predicted molar refractivity (Wildman–Crippen MR) is 210 cm³/mol. The van der Waals surface area contributed by atoms with Crippen LogP contribution in [-0.2, 0) is 23.9 Å². The monoisotopic (exact) mass is 818 g/mol. The van der Waals surface area contributed by atoms with Crippen molar-refractivity contribution in [2.24, 2.45) is 17.8 Å². The molecule has 16 nitrogen and oxygen atoms in total. The van der Waals surface area contributed by atoms with Gasteiger partial charge in [0, 0.05) is 36.9 Å². The van der Waals surface area contributed by atoms with Crippen molar-refractivity contribution in [2.45, 2.75) is 87.7 Å². The zero-order valence-electron chi connectivity index (χ0n) is 32.3. The summed E-state index contributed by atoms with van der Waals surface area (Å²) < 4.78 is 29.0.